The van der Waals surface area contributed by atoms with Gasteiger partial charge in [0.05, 0.1) is 5.69 Å². The van der Waals surface area contributed by atoms with Crippen LogP contribution < -0.4 is 10.5 Å². The number of hydrogen-bond acceptors (Lipinski definition) is 3. The van der Waals surface area contributed by atoms with Crippen LogP contribution in [0.5, 0.6) is 5.75 Å². The molecule has 1 heterocycles. The molecule has 2 rings (SSSR count). The molecule has 0 radical (unpaired) electrons. The maximum absolute atomic E-state index is 5.76. The Kier molecular flexibility index (Phi) is 3.67. The number of benzene rings is 1. The van der Waals surface area contributed by atoms with Gasteiger partial charge in [-0.05, 0) is 36.2 Å². The minimum absolute atomic E-state index is 0.453. The molecule has 0 fully saturated rings. The molecule has 18 heavy (non-hydrogen) atoms. The molecule has 94 valence electrons. The van der Waals surface area contributed by atoms with E-state index in [4.69, 9.17) is 10.5 Å². The molecule has 0 saturated carbocycles. The molecule has 0 unspecified atom stereocenters. The lowest BCUT2D eigenvalue weighted by Crippen LogP contribution is -2.01. The average molecular weight is 243 g/mol. The summed E-state index contributed by atoms with van der Waals surface area (Å²) in [6.45, 7) is 4.19. The third kappa shape index (κ3) is 2.91. The first kappa shape index (κ1) is 12.2. The fraction of sp³-hybridized carbons (Fsp3) is 0.214. The number of hydrogen-bond donors (Lipinski definition) is 1. The van der Waals surface area contributed by atoms with E-state index in [0.29, 0.717) is 6.61 Å². The smallest absolute Gasteiger partial charge is 0.132 e. The summed E-state index contributed by atoms with van der Waals surface area (Å²) in [6, 6.07) is 7.57. The number of nitrogens with zero attached hydrogens (tertiary/aromatic N) is 2. The molecule has 0 amide bonds. The van der Waals surface area contributed by atoms with Crippen molar-refractivity contribution >= 4 is 5.69 Å². The minimum Gasteiger partial charge on any atom is -0.487 e. The van der Waals surface area contributed by atoms with Crippen LogP contribution in [0, 0.1) is 0 Å². The van der Waals surface area contributed by atoms with E-state index < -0.39 is 0 Å². The first-order valence-electron chi connectivity index (χ1n) is 5.79. The van der Waals surface area contributed by atoms with Crippen LogP contribution in [0.3, 0.4) is 0 Å². The van der Waals surface area contributed by atoms with Gasteiger partial charge < -0.3 is 10.5 Å². The summed E-state index contributed by atoms with van der Waals surface area (Å²) in [5.74, 6) is 0.828. The molecule has 0 spiro atoms. The first-order chi connectivity index (χ1) is 8.69. The number of nitrogen functional groups attached to an aromatic ring is 1. The van der Waals surface area contributed by atoms with E-state index in [9.17, 15) is 0 Å². The molecule has 0 atom stereocenters. The van der Waals surface area contributed by atoms with Gasteiger partial charge in [-0.2, -0.15) is 5.10 Å². The SMILES string of the molecule is C=CCc1cc(N)ccc1OCc1ccn(C)n1. The Bertz CT molecular complexity index is 546. The second-order valence-corrected chi connectivity index (χ2v) is 4.13. The predicted molar refractivity (Wildman–Crippen MR) is 72.3 cm³/mol. The van der Waals surface area contributed by atoms with E-state index in [-0.39, 0.29) is 0 Å². The number of allylic oxidation sites excluding steroid dienone is 1. The zero-order chi connectivity index (χ0) is 13.0. The summed E-state index contributed by atoms with van der Waals surface area (Å²) < 4.78 is 7.52. The number of rotatable bonds is 5. The van der Waals surface area contributed by atoms with Gasteiger partial charge in [0.25, 0.3) is 0 Å². The number of ether oxygens (including phenoxy) is 1. The molecule has 0 aliphatic carbocycles. The van der Waals surface area contributed by atoms with E-state index in [1.54, 1.807) is 4.68 Å². The van der Waals surface area contributed by atoms with Crippen molar-refractivity contribution in [3.63, 3.8) is 0 Å². The Hall–Kier alpha value is -2.23. The highest BCUT2D eigenvalue weighted by molar-refractivity contribution is 5.48. The molecule has 0 saturated heterocycles. The van der Waals surface area contributed by atoms with Crippen LogP contribution >= 0.6 is 0 Å². The molecule has 0 aliphatic heterocycles. The maximum Gasteiger partial charge on any atom is 0.132 e. The number of aryl methyl sites for hydroxylation is 1. The summed E-state index contributed by atoms with van der Waals surface area (Å²) in [5, 5.41) is 4.27. The van der Waals surface area contributed by atoms with Gasteiger partial charge in [-0.1, -0.05) is 6.08 Å². The van der Waals surface area contributed by atoms with Gasteiger partial charge in [-0.3, -0.25) is 4.68 Å². The third-order valence-corrected chi connectivity index (χ3v) is 2.59. The zero-order valence-corrected chi connectivity index (χ0v) is 10.5. The summed E-state index contributed by atoms with van der Waals surface area (Å²) in [5.41, 5.74) is 8.44. The van der Waals surface area contributed by atoms with E-state index in [1.165, 1.54) is 0 Å². The normalized spacial score (nSPS) is 10.3. The van der Waals surface area contributed by atoms with Crippen molar-refractivity contribution in [3.8, 4) is 5.75 Å². The highest BCUT2D eigenvalue weighted by Gasteiger charge is 2.04. The molecule has 1 aromatic carbocycles. The number of nitrogens with two attached hydrogens (primary N) is 1. The quantitative estimate of drug-likeness (QED) is 0.647. The predicted octanol–water partition coefficient (Wildman–Crippen LogP) is 2.31. The Morgan fingerprint density at radius 3 is 2.94 bits per heavy atom. The fourth-order valence-corrected chi connectivity index (χ4v) is 1.75. The average Bonchev–Trinajstić information content (AvgIpc) is 2.75. The van der Waals surface area contributed by atoms with E-state index >= 15 is 0 Å². The number of anilines is 1. The van der Waals surface area contributed by atoms with Gasteiger partial charge in [0.15, 0.2) is 0 Å². The van der Waals surface area contributed by atoms with Gasteiger partial charge in [0.1, 0.15) is 12.4 Å². The first-order valence-corrected chi connectivity index (χ1v) is 5.79. The third-order valence-electron chi connectivity index (χ3n) is 2.59. The van der Waals surface area contributed by atoms with E-state index in [0.717, 1.165) is 29.1 Å². The lowest BCUT2D eigenvalue weighted by Gasteiger charge is -2.10. The molecule has 1 aromatic heterocycles. The summed E-state index contributed by atoms with van der Waals surface area (Å²) in [6.07, 6.45) is 4.47. The van der Waals surface area contributed by atoms with Crippen LogP contribution in [0.15, 0.2) is 43.1 Å². The van der Waals surface area contributed by atoms with Gasteiger partial charge >= 0.3 is 0 Å². The summed E-state index contributed by atoms with van der Waals surface area (Å²) in [4.78, 5) is 0. The topological polar surface area (TPSA) is 53.1 Å². The van der Waals surface area contributed by atoms with E-state index in [1.807, 2.05) is 43.6 Å². The molecule has 0 aliphatic rings. The Morgan fingerprint density at radius 2 is 2.28 bits per heavy atom. The highest BCUT2D eigenvalue weighted by atomic mass is 16.5. The number of aromatic nitrogens is 2. The van der Waals surface area contributed by atoms with Crippen molar-refractivity contribution in [2.24, 2.45) is 7.05 Å². The molecule has 4 nitrogen and oxygen atoms in total. The Labute approximate surface area is 107 Å². The van der Waals surface area contributed by atoms with Crippen LogP contribution in [0.1, 0.15) is 11.3 Å². The summed E-state index contributed by atoms with van der Waals surface area (Å²) >= 11 is 0. The van der Waals surface area contributed by atoms with Crippen molar-refractivity contribution in [2.45, 2.75) is 13.0 Å². The molecule has 0 bridgehead atoms. The second kappa shape index (κ2) is 5.40. The standard InChI is InChI=1S/C14H17N3O/c1-3-4-11-9-12(15)5-6-14(11)18-10-13-7-8-17(2)16-13/h3,5-9H,1,4,10,15H2,2H3. The van der Waals surface area contributed by atoms with E-state index in [2.05, 4.69) is 11.7 Å². The Balaban J connectivity index is 2.10. The van der Waals surface area contributed by atoms with Crippen LogP contribution in [-0.2, 0) is 20.1 Å². The van der Waals surface area contributed by atoms with Gasteiger partial charge in [-0.25, -0.2) is 0 Å². The van der Waals surface area contributed by atoms with Crippen molar-refractivity contribution in [1.82, 2.24) is 9.78 Å². The van der Waals surface area contributed by atoms with Crippen LogP contribution in [0.4, 0.5) is 5.69 Å². The summed E-state index contributed by atoms with van der Waals surface area (Å²) in [7, 11) is 1.88. The van der Waals surface area contributed by atoms with Gasteiger partial charge in [0.2, 0.25) is 0 Å². The monoisotopic (exact) mass is 243 g/mol. The maximum atomic E-state index is 5.76. The molecule has 4 heteroatoms. The minimum atomic E-state index is 0.453. The lowest BCUT2D eigenvalue weighted by molar-refractivity contribution is 0.297. The molecular formula is C14H17N3O. The molecular weight excluding hydrogens is 226 g/mol. The van der Waals surface area contributed by atoms with Crippen LogP contribution in [-0.4, -0.2) is 9.78 Å². The molecule has 2 aromatic rings. The van der Waals surface area contributed by atoms with Crippen molar-refractivity contribution < 1.29 is 4.74 Å². The van der Waals surface area contributed by atoms with Crippen molar-refractivity contribution in [2.75, 3.05) is 5.73 Å². The molecule has 2 N–H and O–H groups in total. The highest BCUT2D eigenvalue weighted by Crippen LogP contribution is 2.23. The largest absolute Gasteiger partial charge is 0.487 e. The second-order valence-electron chi connectivity index (χ2n) is 4.13. The van der Waals surface area contributed by atoms with Crippen LogP contribution in [0.2, 0.25) is 0 Å². The van der Waals surface area contributed by atoms with Gasteiger partial charge in [-0.15, -0.1) is 6.58 Å². The Morgan fingerprint density at radius 1 is 1.44 bits per heavy atom. The zero-order valence-electron chi connectivity index (χ0n) is 10.5. The fourth-order valence-electron chi connectivity index (χ4n) is 1.75. The van der Waals surface area contributed by atoms with Gasteiger partial charge in [0, 0.05) is 18.9 Å². The lowest BCUT2D eigenvalue weighted by atomic mass is 10.1. The van der Waals surface area contributed by atoms with Crippen molar-refractivity contribution in [1.29, 1.82) is 0 Å². The van der Waals surface area contributed by atoms with Crippen molar-refractivity contribution in [3.05, 3.63) is 54.4 Å². The van der Waals surface area contributed by atoms with Crippen LogP contribution in [0.25, 0.3) is 0 Å².